The Morgan fingerprint density at radius 1 is 1.00 bits per heavy atom. The Hall–Kier alpha value is -3.32. The molecule has 1 heterocycles. The number of carbonyl (C=O) groups excluding carboxylic acids is 1. The quantitative estimate of drug-likeness (QED) is 0.598. The normalized spacial score (nSPS) is 15.7. The molecule has 1 amide bonds. The number of rotatable bonds is 6. The molecule has 0 bridgehead atoms. The summed E-state index contributed by atoms with van der Waals surface area (Å²) in [7, 11) is -3.73. The fraction of sp³-hybridized carbons (Fsp3) is 0.240. The van der Waals surface area contributed by atoms with Gasteiger partial charge in [-0.05, 0) is 41.3 Å². The molecular weight excluding hydrogens is 424 g/mol. The van der Waals surface area contributed by atoms with Crippen LogP contribution in [-0.4, -0.2) is 27.0 Å². The first-order chi connectivity index (χ1) is 15.3. The molecule has 0 saturated carbocycles. The van der Waals surface area contributed by atoms with E-state index in [9.17, 15) is 13.2 Å². The molecular formula is C25H26N2O4S. The minimum atomic E-state index is -3.73. The van der Waals surface area contributed by atoms with E-state index in [0.29, 0.717) is 28.6 Å². The molecule has 0 spiro atoms. The van der Waals surface area contributed by atoms with E-state index in [-0.39, 0.29) is 12.3 Å². The Morgan fingerprint density at radius 3 is 2.34 bits per heavy atom. The van der Waals surface area contributed by atoms with Crippen LogP contribution in [0.25, 0.3) is 0 Å². The molecule has 0 aliphatic carbocycles. The van der Waals surface area contributed by atoms with Crippen LogP contribution in [0.4, 0.5) is 11.4 Å². The maximum Gasteiger partial charge on any atom is 0.267 e. The number of nitrogens with one attached hydrogen (secondary N) is 1. The van der Waals surface area contributed by atoms with Crippen LogP contribution in [0.3, 0.4) is 0 Å². The van der Waals surface area contributed by atoms with E-state index in [1.807, 2.05) is 30.3 Å². The van der Waals surface area contributed by atoms with Crippen molar-refractivity contribution in [2.24, 2.45) is 0 Å². The fourth-order valence-electron chi connectivity index (χ4n) is 3.64. The lowest BCUT2D eigenvalue weighted by Crippen LogP contribution is -2.49. The van der Waals surface area contributed by atoms with Gasteiger partial charge in [-0.2, -0.15) is 0 Å². The van der Waals surface area contributed by atoms with Gasteiger partial charge in [-0.3, -0.25) is 9.10 Å². The highest BCUT2D eigenvalue weighted by Gasteiger charge is 2.36. The molecule has 6 nitrogen and oxygen atoms in total. The van der Waals surface area contributed by atoms with Gasteiger partial charge in [-0.15, -0.1) is 0 Å². The van der Waals surface area contributed by atoms with Crippen LogP contribution in [0.2, 0.25) is 0 Å². The van der Waals surface area contributed by atoms with E-state index < -0.39 is 22.0 Å². The van der Waals surface area contributed by atoms with E-state index in [4.69, 9.17) is 4.74 Å². The third-order valence-electron chi connectivity index (χ3n) is 5.40. The Labute approximate surface area is 188 Å². The van der Waals surface area contributed by atoms with Crippen molar-refractivity contribution >= 4 is 27.3 Å². The number of fused-ring (bicyclic) bond motifs is 1. The Balaban J connectivity index is 1.57. The number of nitrogens with zero attached hydrogens (tertiary/aromatic N) is 1. The fourth-order valence-corrected chi connectivity index (χ4v) is 5.22. The summed E-state index contributed by atoms with van der Waals surface area (Å²) in [6, 6.07) is 23.5. The van der Waals surface area contributed by atoms with Crippen LogP contribution in [0.5, 0.6) is 5.75 Å². The SMILES string of the molecule is CC(C)c1ccc(NC(=O)[C@@H]2CN(S(=O)(=O)Cc3ccccc3)c3ccccc3O2)cc1. The van der Waals surface area contributed by atoms with Gasteiger partial charge in [0.1, 0.15) is 5.75 Å². The van der Waals surface area contributed by atoms with Gasteiger partial charge in [-0.25, -0.2) is 8.42 Å². The average Bonchev–Trinajstić information content (AvgIpc) is 2.79. The first-order valence-corrected chi connectivity index (χ1v) is 12.2. The van der Waals surface area contributed by atoms with E-state index in [2.05, 4.69) is 19.2 Å². The molecule has 0 aromatic heterocycles. The molecule has 1 atom stereocenters. The molecule has 0 radical (unpaired) electrons. The number of hydrogen-bond donors (Lipinski definition) is 1. The van der Waals surface area contributed by atoms with E-state index in [1.165, 1.54) is 9.87 Å². The Morgan fingerprint density at radius 2 is 1.66 bits per heavy atom. The van der Waals surface area contributed by atoms with Crippen molar-refractivity contribution in [3.63, 3.8) is 0 Å². The molecule has 1 N–H and O–H groups in total. The minimum absolute atomic E-state index is 0.0951. The second kappa shape index (κ2) is 9.04. The summed E-state index contributed by atoms with van der Waals surface area (Å²) >= 11 is 0. The molecule has 3 aromatic carbocycles. The average molecular weight is 451 g/mol. The first-order valence-electron chi connectivity index (χ1n) is 10.5. The van der Waals surface area contributed by atoms with Gasteiger partial charge in [0, 0.05) is 5.69 Å². The van der Waals surface area contributed by atoms with Crippen molar-refractivity contribution in [1.29, 1.82) is 0 Å². The van der Waals surface area contributed by atoms with Gasteiger partial charge in [0.15, 0.2) is 6.10 Å². The zero-order valence-corrected chi connectivity index (χ0v) is 18.9. The molecule has 0 saturated heterocycles. The van der Waals surface area contributed by atoms with Crippen molar-refractivity contribution in [2.75, 3.05) is 16.2 Å². The topological polar surface area (TPSA) is 75.7 Å². The maximum atomic E-state index is 13.3. The molecule has 4 rings (SSSR count). The van der Waals surface area contributed by atoms with Gasteiger partial charge >= 0.3 is 0 Å². The second-order valence-corrected chi connectivity index (χ2v) is 10.0. The number of ether oxygens (including phenoxy) is 1. The number of benzene rings is 3. The standard InChI is InChI=1S/C25H26N2O4S/c1-18(2)20-12-14-21(15-13-20)26-25(28)24-16-27(22-10-6-7-11-23(22)31-24)32(29,30)17-19-8-4-3-5-9-19/h3-15,18,24H,16-17H2,1-2H3,(H,26,28)/t24-/m0/s1. The lowest BCUT2D eigenvalue weighted by atomic mass is 10.0. The number of carbonyl (C=O) groups is 1. The number of hydrogen-bond acceptors (Lipinski definition) is 4. The predicted octanol–water partition coefficient (Wildman–Crippen LogP) is 4.55. The second-order valence-electron chi connectivity index (χ2n) is 8.11. The van der Waals surface area contributed by atoms with Crippen molar-refractivity contribution in [3.8, 4) is 5.75 Å². The zero-order chi connectivity index (χ0) is 22.7. The van der Waals surface area contributed by atoms with Gasteiger partial charge in [0.25, 0.3) is 5.91 Å². The van der Waals surface area contributed by atoms with E-state index >= 15 is 0 Å². The van der Waals surface area contributed by atoms with Crippen LogP contribution in [0.15, 0.2) is 78.9 Å². The molecule has 0 fully saturated rings. The minimum Gasteiger partial charge on any atom is -0.476 e. The Kier molecular flexibility index (Phi) is 6.19. The van der Waals surface area contributed by atoms with E-state index in [1.54, 1.807) is 48.5 Å². The smallest absolute Gasteiger partial charge is 0.267 e. The summed E-state index contributed by atoms with van der Waals surface area (Å²) in [5.74, 6) is 0.205. The molecule has 1 aliphatic heterocycles. The highest BCUT2D eigenvalue weighted by atomic mass is 32.2. The van der Waals surface area contributed by atoms with Crippen molar-refractivity contribution in [2.45, 2.75) is 31.6 Å². The third-order valence-corrected chi connectivity index (χ3v) is 7.12. The zero-order valence-electron chi connectivity index (χ0n) is 18.1. The summed E-state index contributed by atoms with van der Waals surface area (Å²) in [5, 5.41) is 2.84. The summed E-state index contributed by atoms with van der Waals surface area (Å²) in [6.07, 6.45) is -0.972. The maximum absolute atomic E-state index is 13.3. The van der Waals surface area contributed by atoms with Crippen LogP contribution < -0.4 is 14.4 Å². The van der Waals surface area contributed by atoms with Gasteiger partial charge < -0.3 is 10.1 Å². The highest BCUT2D eigenvalue weighted by molar-refractivity contribution is 7.92. The number of para-hydroxylation sites is 2. The van der Waals surface area contributed by atoms with Crippen LogP contribution in [0, 0.1) is 0 Å². The molecule has 166 valence electrons. The lowest BCUT2D eigenvalue weighted by molar-refractivity contribution is -0.122. The van der Waals surface area contributed by atoms with Crippen molar-refractivity contribution < 1.29 is 17.9 Å². The first kappa shape index (κ1) is 21.9. The van der Waals surface area contributed by atoms with Crippen molar-refractivity contribution in [1.82, 2.24) is 0 Å². The summed E-state index contributed by atoms with van der Waals surface area (Å²) in [4.78, 5) is 13.0. The highest BCUT2D eigenvalue weighted by Crippen LogP contribution is 2.36. The predicted molar refractivity (Wildman–Crippen MR) is 126 cm³/mol. The molecule has 1 aliphatic rings. The van der Waals surface area contributed by atoms with Gasteiger partial charge in [-0.1, -0.05) is 68.4 Å². The van der Waals surface area contributed by atoms with E-state index in [0.717, 1.165) is 0 Å². The number of anilines is 2. The summed E-state index contributed by atoms with van der Waals surface area (Å²) < 4.78 is 33.7. The van der Waals surface area contributed by atoms with Gasteiger partial charge in [0.05, 0.1) is 18.0 Å². The van der Waals surface area contributed by atoms with Crippen LogP contribution >= 0.6 is 0 Å². The molecule has 0 unspecified atom stereocenters. The summed E-state index contributed by atoms with van der Waals surface area (Å²) in [5.41, 5.74) is 2.93. The third kappa shape index (κ3) is 4.78. The number of sulfonamides is 1. The van der Waals surface area contributed by atoms with Crippen molar-refractivity contribution in [3.05, 3.63) is 90.0 Å². The lowest BCUT2D eigenvalue weighted by Gasteiger charge is -2.34. The van der Waals surface area contributed by atoms with Crippen LogP contribution in [-0.2, 0) is 20.6 Å². The van der Waals surface area contributed by atoms with Crippen LogP contribution in [0.1, 0.15) is 30.9 Å². The molecule has 3 aromatic rings. The largest absolute Gasteiger partial charge is 0.476 e. The molecule has 32 heavy (non-hydrogen) atoms. The summed E-state index contributed by atoms with van der Waals surface area (Å²) in [6.45, 7) is 4.11. The molecule has 7 heteroatoms. The number of amides is 1. The monoisotopic (exact) mass is 450 g/mol. The van der Waals surface area contributed by atoms with Gasteiger partial charge in [0.2, 0.25) is 10.0 Å². The Bertz CT molecular complexity index is 1190.